The minimum atomic E-state index is -0.584. The fourth-order valence-electron chi connectivity index (χ4n) is 3.98. The Morgan fingerprint density at radius 1 is 1.21 bits per heavy atom. The van der Waals surface area contributed by atoms with Crippen molar-refractivity contribution in [3.63, 3.8) is 0 Å². The number of carbonyl (C=O) groups excluding carboxylic acids is 2. The first-order valence-electron chi connectivity index (χ1n) is 8.29. The molecule has 0 aromatic heterocycles. The first-order valence-corrected chi connectivity index (χ1v) is 8.29. The van der Waals surface area contributed by atoms with Crippen LogP contribution in [0, 0.1) is 0 Å². The summed E-state index contributed by atoms with van der Waals surface area (Å²) >= 11 is 0. The SMILES string of the molecule is CC(=O)OC[C@H]1O[C@@H]2OCc3c4c(cc(c32)[C@H]1OC(C)=O)CCC4. The number of benzene rings is 1. The molecule has 4 rings (SSSR count). The molecule has 0 amide bonds. The molecule has 0 saturated carbocycles. The summed E-state index contributed by atoms with van der Waals surface area (Å²) in [6, 6.07) is 2.12. The van der Waals surface area contributed by atoms with Gasteiger partial charge in [0.2, 0.25) is 0 Å². The van der Waals surface area contributed by atoms with Crippen molar-refractivity contribution >= 4 is 11.9 Å². The van der Waals surface area contributed by atoms with Crippen LogP contribution in [0.15, 0.2) is 6.07 Å². The summed E-state index contributed by atoms with van der Waals surface area (Å²) in [7, 11) is 0. The van der Waals surface area contributed by atoms with E-state index >= 15 is 0 Å². The highest BCUT2D eigenvalue weighted by Gasteiger charge is 2.44. The standard InChI is InChI=1S/C18H20O6/c1-9(19)21-8-15-17(23-10(2)20)13-6-11-4-3-5-12(11)14-7-22-18(24-15)16(13)14/h6,15,17-18H,3-5,7-8H2,1-2H3/t15-,17-,18+/m1/s1. The number of esters is 2. The van der Waals surface area contributed by atoms with Gasteiger partial charge >= 0.3 is 11.9 Å². The van der Waals surface area contributed by atoms with Crippen LogP contribution in [0.25, 0.3) is 0 Å². The Bertz CT molecular complexity index is 710. The van der Waals surface area contributed by atoms with Crippen molar-refractivity contribution in [2.24, 2.45) is 0 Å². The third kappa shape index (κ3) is 2.50. The highest BCUT2D eigenvalue weighted by atomic mass is 16.7. The largest absolute Gasteiger partial charge is 0.463 e. The summed E-state index contributed by atoms with van der Waals surface area (Å²) in [6.45, 7) is 3.26. The molecule has 0 bridgehead atoms. The first kappa shape index (κ1) is 15.6. The molecule has 2 heterocycles. The van der Waals surface area contributed by atoms with Crippen LogP contribution in [0.3, 0.4) is 0 Å². The number of ether oxygens (including phenoxy) is 4. The second-order valence-electron chi connectivity index (χ2n) is 6.50. The van der Waals surface area contributed by atoms with Gasteiger partial charge in [0, 0.05) is 25.0 Å². The van der Waals surface area contributed by atoms with Crippen LogP contribution in [-0.2, 0) is 48.0 Å². The molecule has 1 aromatic rings. The molecule has 0 fully saturated rings. The van der Waals surface area contributed by atoms with Gasteiger partial charge in [0.15, 0.2) is 12.4 Å². The molecule has 0 spiro atoms. The molecule has 3 aliphatic rings. The second-order valence-corrected chi connectivity index (χ2v) is 6.50. The van der Waals surface area contributed by atoms with Crippen LogP contribution >= 0.6 is 0 Å². The summed E-state index contributed by atoms with van der Waals surface area (Å²) < 4.78 is 22.4. The van der Waals surface area contributed by atoms with Gasteiger partial charge in [-0.2, -0.15) is 0 Å². The van der Waals surface area contributed by atoms with Gasteiger partial charge < -0.3 is 18.9 Å². The molecule has 2 aliphatic heterocycles. The third-order valence-corrected chi connectivity index (χ3v) is 4.89. The van der Waals surface area contributed by atoms with E-state index in [2.05, 4.69) is 6.07 Å². The Morgan fingerprint density at radius 2 is 2.04 bits per heavy atom. The molecule has 0 N–H and O–H groups in total. The zero-order valence-corrected chi connectivity index (χ0v) is 13.8. The van der Waals surface area contributed by atoms with E-state index in [1.165, 1.54) is 30.5 Å². The lowest BCUT2D eigenvalue weighted by atomic mass is 9.88. The highest BCUT2D eigenvalue weighted by Crippen LogP contribution is 2.48. The predicted molar refractivity (Wildman–Crippen MR) is 82.0 cm³/mol. The summed E-state index contributed by atoms with van der Waals surface area (Å²) in [5.41, 5.74) is 5.79. The lowest BCUT2D eigenvalue weighted by Gasteiger charge is -2.35. The molecular formula is C18H20O6. The Balaban J connectivity index is 1.76. The lowest BCUT2D eigenvalue weighted by molar-refractivity contribution is -0.222. The zero-order chi connectivity index (χ0) is 16.8. The van der Waals surface area contributed by atoms with E-state index in [1.807, 2.05) is 0 Å². The van der Waals surface area contributed by atoms with E-state index in [-0.39, 0.29) is 12.6 Å². The number of hydrogen-bond donors (Lipinski definition) is 0. The van der Waals surface area contributed by atoms with Gasteiger partial charge in [-0.25, -0.2) is 0 Å². The Labute approximate surface area is 140 Å². The van der Waals surface area contributed by atoms with Gasteiger partial charge in [-0.05, 0) is 36.0 Å². The van der Waals surface area contributed by atoms with E-state index < -0.39 is 24.5 Å². The van der Waals surface area contributed by atoms with E-state index in [0.29, 0.717) is 6.61 Å². The summed E-state index contributed by atoms with van der Waals surface area (Å²) in [4.78, 5) is 22.8. The minimum Gasteiger partial charge on any atom is -0.463 e. The van der Waals surface area contributed by atoms with Gasteiger partial charge in [-0.3, -0.25) is 9.59 Å². The van der Waals surface area contributed by atoms with Crippen LogP contribution in [0.4, 0.5) is 0 Å². The zero-order valence-electron chi connectivity index (χ0n) is 13.8. The number of rotatable bonds is 3. The van der Waals surface area contributed by atoms with Crippen LogP contribution in [0.2, 0.25) is 0 Å². The van der Waals surface area contributed by atoms with E-state index in [0.717, 1.165) is 30.4 Å². The van der Waals surface area contributed by atoms with Crippen molar-refractivity contribution in [3.05, 3.63) is 33.9 Å². The summed E-state index contributed by atoms with van der Waals surface area (Å²) in [5.74, 6) is -0.781. The fraction of sp³-hybridized carbons (Fsp3) is 0.556. The Kier molecular flexibility index (Phi) is 3.81. The molecule has 0 saturated heterocycles. The van der Waals surface area contributed by atoms with Crippen molar-refractivity contribution < 1.29 is 28.5 Å². The Hall–Kier alpha value is -1.92. The molecule has 6 nitrogen and oxygen atoms in total. The normalized spacial score (nSPS) is 26.7. The number of carbonyl (C=O) groups is 2. The topological polar surface area (TPSA) is 71.1 Å². The van der Waals surface area contributed by atoms with Gasteiger partial charge in [-0.15, -0.1) is 0 Å². The van der Waals surface area contributed by atoms with Crippen LogP contribution in [0.1, 0.15) is 60.5 Å². The molecule has 0 radical (unpaired) electrons. The van der Waals surface area contributed by atoms with Crippen molar-refractivity contribution in [1.29, 1.82) is 0 Å². The van der Waals surface area contributed by atoms with Crippen LogP contribution < -0.4 is 0 Å². The first-order chi connectivity index (χ1) is 11.5. The van der Waals surface area contributed by atoms with Crippen molar-refractivity contribution in [3.8, 4) is 0 Å². The quantitative estimate of drug-likeness (QED) is 0.791. The fourth-order valence-corrected chi connectivity index (χ4v) is 3.98. The maximum atomic E-state index is 11.6. The molecule has 3 atom stereocenters. The maximum Gasteiger partial charge on any atom is 0.303 e. The monoisotopic (exact) mass is 332 g/mol. The molecule has 24 heavy (non-hydrogen) atoms. The molecule has 1 aliphatic carbocycles. The van der Waals surface area contributed by atoms with Crippen molar-refractivity contribution in [2.75, 3.05) is 6.61 Å². The molecule has 6 heteroatoms. The van der Waals surface area contributed by atoms with Gasteiger partial charge in [-0.1, -0.05) is 6.07 Å². The van der Waals surface area contributed by atoms with Crippen molar-refractivity contribution in [1.82, 2.24) is 0 Å². The minimum absolute atomic E-state index is 0.0268. The molecule has 1 aromatic carbocycles. The number of aryl methyl sites for hydroxylation is 1. The average Bonchev–Trinajstić information content (AvgIpc) is 3.14. The average molecular weight is 332 g/mol. The summed E-state index contributed by atoms with van der Waals surface area (Å²) in [5, 5.41) is 0. The van der Waals surface area contributed by atoms with Crippen LogP contribution in [-0.4, -0.2) is 24.6 Å². The van der Waals surface area contributed by atoms with E-state index in [4.69, 9.17) is 18.9 Å². The number of fused-ring (bicyclic) bond motifs is 2. The maximum absolute atomic E-state index is 11.6. The van der Waals surface area contributed by atoms with E-state index in [9.17, 15) is 9.59 Å². The third-order valence-electron chi connectivity index (χ3n) is 4.89. The second kappa shape index (κ2) is 5.86. The van der Waals surface area contributed by atoms with E-state index in [1.54, 1.807) is 0 Å². The predicted octanol–water partition coefficient (Wildman–Crippen LogP) is 2.27. The van der Waals surface area contributed by atoms with Crippen molar-refractivity contribution in [2.45, 2.75) is 58.2 Å². The lowest BCUT2D eigenvalue weighted by Crippen LogP contribution is -2.37. The van der Waals surface area contributed by atoms with Gasteiger partial charge in [0.1, 0.15) is 12.7 Å². The smallest absolute Gasteiger partial charge is 0.303 e. The van der Waals surface area contributed by atoms with Crippen LogP contribution in [0.5, 0.6) is 0 Å². The summed E-state index contributed by atoms with van der Waals surface area (Å²) in [6.07, 6.45) is 1.59. The van der Waals surface area contributed by atoms with Gasteiger partial charge in [0.05, 0.1) is 6.61 Å². The molecular weight excluding hydrogens is 312 g/mol. The Morgan fingerprint density at radius 3 is 2.79 bits per heavy atom. The highest BCUT2D eigenvalue weighted by molar-refractivity contribution is 5.67. The number of hydrogen-bond acceptors (Lipinski definition) is 6. The van der Waals surface area contributed by atoms with Gasteiger partial charge in [0.25, 0.3) is 0 Å². The molecule has 0 unspecified atom stereocenters. The molecule has 128 valence electrons.